The second-order valence-corrected chi connectivity index (χ2v) is 5.26. The molecule has 0 spiro atoms. The molecular weight excluding hydrogens is 222 g/mol. The summed E-state index contributed by atoms with van der Waals surface area (Å²) in [6, 6.07) is 2.92. The summed E-state index contributed by atoms with van der Waals surface area (Å²) in [4.78, 5) is 6.76. The molecule has 0 saturated heterocycles. The van der Waals surface area contributed by atoms with E-state index < -0.39 is 0 Å². The van der Waals surface area contributed by atoms with Crippen molar-refractivity contribution in [1.82, 2.24) is 4.98 Å². The van der Waals surface area contributed by atoms with Crippen LogP contribution in [0.2, 0.25) is 0 Å². The van der Waals surface area contributed by atoms with Crippen molar-refractivity contribution >= 4 is 11.4 Å². The van der Waals surface area contributed by atoms with E-state index >= 15 is 0 Å². The van der Waals surface area contributed by atoms with Crippen LogP contribution < -0.4 is 10.2 Å². The quantitative estimate of drug-likeness (QED) is 0.860. The number of nitrogens with zero attached hydrogens (tertiary/aromatic N) is 2. The normalized spacial score (nSPS) is 16.6. The highest BCUT2D eigenvalue weighted by Crippen LogP contribution is 2.26. The lowest BCUT2D eigenvalue weighted by atomic mass is 9.94. The first-order chi connectivity index (χ1) is 8.81. The highest BCUT2D eigenvalue weighted by molar-refractivity contribution is 5.55. The number of aromatic nitrogens is 1. The lowest BCUT2D eigenvalue weighted by Crippen LogP contribution is -2.33. The topological polar surface area (TPSA) is 28.2 Å². The Bertz CT molecular complexity index is 359. The van der Waals surface area contributed by atoms with Gasteiger partial charge >= 0.3 is 0 Å². The Labute approximate surface area is 111 Å². The van der Waals surface area contributed by atoms with Gasteiger partial charge in [-0.05, 0) is 25.3 Å². The van der Waals surface area contributed by atoms with Crippen LogP contribution in [-0.4, -0.2) is 24.6 Å². The van der Waals surface area contributed by atoms with Gasteiger partial charge in [0.1, 0.15) is 0 Å². The first-order valence-electron chi connectivity index (χ1n) is 7.23. The van der Waals surface area contributed by atoms with Crippen molar-refractivity contribution < 1.29 is 0 Å². The Morgan fingerprint density at radius 1 is 1.28 bits per heavy atom. The fourth-order valence-electron chi connectivity index (χ4n) is 2.67. The summed E-state index contributed by atoms with van der Waals surface area (Å²) in [5.41, 5.74) is 2.38. The molecule has 1 fully saturated rings. The molecule has 1 saturated carbocycles. The largest absolute Gasteiger partial charge is 0.384 e. The van der Waals surface area contributed by atoms with Gasteiger partial charge in [-0.3, -0.25) is 4.98 Å². The highest BCUT2D eigenvalue weighted by atomic mass is 15.1. The van der Waals surface area contributed by atoms with Gasteiger partial charge in [0.2, 0.25) is 0 Å². The summed E-state index contributed by atoms with van der Waals surface area (Å²) in [7, 11) is 2.20. The van der Waals surface area contributed by atoms with E-state index in [-0.39, 0.29) is 0 Å². The van der Waals surface area contributed by atoms with Gasteiger partial charge in [-0.2, -0.15) is 0 Å². The number of nitrogens with one attached hydrogen (secondary N) is 1. The van der Waals surface area contributed by atoms with Gasteiger partial charge in [-0.1, -0.05) is 26.2 Å². The van der Waals surface area contributed by atoms with Crippen LogP contribution >= 0.6 is 0 Å². The summed E-state index contributed by atoms with van der Waals surface area (Å²) < 4.78 is 0. The Morgan fingerprint density at radius 3 is 2.78 bits per heavy atom. The van der Waals surface area contributed by atoms with Gasteiger partial charge in [0.15, 0.2) is 0 Å². The van der Waals surface area contributed by atoms with Gasteiger partial charge in [-0.25, -0.2) is 0 Å². The minimum absolute atomic E-state index is 0.696. The number of rotatable bonds is 5. The van der Waals surface area contributed by atoms with Crippen LogP contribution in [0.1, 0.15) is 45.4 Å². The number of hydrogen-bond acceptors (Lipinski definition) is 3. The number of hydrogen-bond donors (Lipinski definition) is 1. The van der Waals surface area contributed by atoms with E-state index in [9.17, 15) is 0 Å². The number of anilines is 2. The van der Waals surface area contributed by atoms with Gasteiger partial charge in [0.25, 0.3) is 0 Å². The molecule has 3 heteroatoms. The molecule has 1 aromatic heterocycles. The maximum Gasteiger partial charge on any atom is 0.0573 e. The predicted octanol–water partition coefficient (Wildman–Crippen LogP) is 3.67. The molecule has 1 aliphatic carbocycles. The van der Waals surface area contributed by atoms with Crippen molar-refractivity contribution in [2.24, 2.45) is 0 Å². The third kappa shape index (κ3) is 3.37. The molecule has 1 heterocycles. The molecule has 2 rings (SSSR count). The molecule has 0 bridgehead atoms. The van der Waals surface area contributed by atoms with Crippen molar-refractivity contribution in [3.05, 3.63) is 18.5 Å². The van der Waals surface area contributed by atoms with Crippen LogP contribution in [0, 0.1) is 0 Å². The lowest BCUT2D eigenvalue weighted by molar-refractivity contribution is 0.427. The molecule has 0 unspecified atom stereocenters. The van der Waals surface area contributed by atoms with Gasteiger partial charge < -0.3 is 10.2 Å². The zero-order valence-corrected chi connectivity index (χ0v) is 11.7. The maximum absolute atomic E-state index is 4.35. The predicted molar refractivity (Wildman–Crippen MR) is 78.3 cm³/mol. The maximum atomic E-state index is 4.35. The van der Waals surface area contributed by atoms with Crippen LogP contribution in [0.5, 0.6) is 0 Å². The third-order valence-corrected chi connectivity index (χ3v) is 3.83. The van der Waals surface area contributed by atoms with Crippen LogP contribution in [0.25, 0.3) is 0 Å². The molecule has 1 N–H and O–H groups in total. The lowest BCUT2D eigenvalue weighted by Gasteiger charge is -2.32. The van der Waals surface area contributed by atoms with Crippen LogP contribution in [0.3, 0.4) is 0 Å². The first kappa shape index (κ1) is 13.2. The zero-order chi connectivity index (χ0) is 12.8. The summed E-state index contributed by atoms with van der Waals surface area (Å²) in [5.74, 6) is 0. The van der Waals surface area contributed by atoms with E-state index in [4.69, 9.17) is 0 Å². The first-order valence-corrected chi connectivity index (χ1v) is 7.23. The fourth-order valence-corrected chi connectivity index (χ4v) is 2.67. The van der Waals surface area contributed by atoms with Crippen molar-refractivity contribution in [2.75, 3.05) is 23.8 Å². The number of pyridine rings is 1. The van der Waals surface area contributed by atoms with Gasteiger partial charge in [0, 0.05) is 19.6 Å². The Balaban J connectivity index is 2.02. The van der Waals surface area contributed by atoms with E-state index in [1.54, 1.807) is 0 Å². The molecule has 18 heavy (non-hydrogen) atoms. The molecule has 3 nitrogen and oxygen atoms in total. The van der Waals surface area contributed by atoms with E-state index in [0.29, 0.717) is 6.04 Å². The highest BCUT2D eigenvalue weighted by Gasteiger charge is 2.18. The second kappa shape index (κ2) is 6.62. The van der Waals surface area contributed by atoms with Crippen LogP contribution in [0.15, 0.2) is 18.5 Å². The van der Waals surface area contributed by atoms with E-state index in [1.807, 2.05) is 12.4 Å². The van der Waals surface area contributed by atoms with Gasteiger partial charge in [-0.15, -0.1) is 0 Å². The summed E-state index contributed by atoms with van der Waals surface area (Å²) >= 11 is 0. The zero-order valence-electron chi connectivity index (χ0n) is 11.7. The fraction of sp³-hybridized carbons (Fsp3) is 0.667. The third-order valence-electron chi connectivity index (χ3n) is 3.83. The minimum atomic E-state index is 0.696. The molecule has 0 aromatic carbocycles. The minimum Gasteiger partial charge on any atom is -0.384 e. The van der Waals surface area contributed by atoms with Crippen LogP contribution in [0.4, 0.5) is 11.4 Å². The summed E-state index contributed by atoms with van der Waals surface area (Å²) in [6.45, 7) is 3.19. The monoisotopic (exact) mass is 247 g/mol. The smallest absolute Gasteiger partial charge is 0.0573 e. The van der Waals surface area contributed by atoms with Crippen molar-refractivity contribution in [3.8, 4) is 0 Å². The van der Waals surface area contributed by atoms with Crippen molar-refractivity contribution in [2.45, 2.75) is 51.5 Å². The summed E-state index contributed by atoms with van der Waals surface area (Å²) in [6.07, 6.45) is 11.8. The van der Waals surface area contributed by atoms with E-state index in [1.165, 1.54) is 37.8 Å². The molecule has 0 atom stereocenters. The molecule has 0 amide bonds. The standard InChI is InChI=1S/C15H25N3/c1-3-9-17-13-10-15(12-16-11-13)18(2)14-7-5-4-6-8-14/h10-12,14,17H,3-9H2,1-2H3. The molecule has 0 radical (unpaired) electrons. The van der Waals surface area contributed by atoms with E-state index in [2.05, 4.69) is 35.2 Å². The van der Waals surface area contributed by atoms with E-state index in [0.717, 1.165) is 18.7 Å². The second-order valence-electron chi connectivity index (χ2n) is 5.26. The average molecular weight is 247 g/mol. The van der Waals surface area contributed by atoms with Gasteiger partial charge in [0.05, 0.1) is 23.8 Å². The summed E-state index contributed by atoms with van der Waals surface area (Å²) in [5, 5.41) is 3.40. The van der Waals surface area contributed by atoms with Crippen molar-refractivity contribution in [1.29, 1.82) is 0 Å². The molecule has 1 aromatic rings. The SMILES string of the molecule is CCCNc1cncc(N(C)C2CCCCC2)c1. The molecule has 1 aliphatic rings. The average Bonchev–Trinajstić information content (AvgIpc) is 2.45. The van der Waals surface area contributed by atoms with Crippen LogP contribution in [-0.2, 0) is 0 Å². The Hall–Kier alpha value is -1.25. The van der Waals surface area contributed by atoms with Crippen molar-refractivity contribution in [3.63, 3.8) is 0 Å². The molecular formula is C15H25N3. The Kier molecular flexibility index (Phi) is 4.85. The molecule has 100 valence electrons. The molecule has 0 aliphatic heterocycles. The Morgan fingerprint density at radius 2 is 2.06 bits per heavy atom.